The summed E-state index contributed by atoms with van der Waals surface area (Å²) >= 11 is 0. The Morgan fingerprint density at radius 2 is 1.31 bits per heavy atom. The van der Waals surface area contributed by atoms with Gasteiger partial charge in [0.2, 0.25) is 5.91 Å². The van der Waals surface area contributed by atoms with E-state index in [9.17, 15) is 14.7 Å². The van der Waals surface area contributed by atoms with Crippen LogP contribution in [0.5, 0.6) is 5.75 Å². The van der Waals surface area contributed by atoms with Gasteiger partial charge in [-0.3, -0.25) is 14.5 Å². The van der Waals surface area contributed by atoms with Crippen LogP contribution in [0.4, 0.5) is 22.7 Å². The molecule has 0 aliphatic rings. The Kier molecular flexibility index (Phi) is 5.14. The summed E-state index contributed by atoms with van der Waals surface area (Å²) in [7, 11) is 0. The first-order valence-corrected chi connectivity index (χ1v) is 8.89. The molecule has 0 aliphatic carbocycles. The Hall–Kier alpha value is -4.00. The van der Waals surface area contributed by atoms with Gasteiger partial charge in [-0.2, -0.15) is 0 Å². The Labute approximate surface area is 168 Å². The van der Waals surface area contributed by atoms with Gasteiger partial charge in [-0.05, 0) is 67.4 Å². The second-order valence-corrected chi connectivity index (χ2v) is 6.76. The molecule has 0 saturated carbocycles. The van der Waals surface area contributed by atoms with Crippen molar-refractivity contribution in [2.45, 2.75) is 13.8 Å². The Balaban J connectivity index is 2.26. The Morgan fingerprint density at radius 1 is 0.828 bits per heavy atom. The first-order chi connectivity index (χ1) is 13.7. The van der Waals surface area contributed by atoms with Gasteiger partial charge in [0.1, 0.15) is 5.75 Å². The maximum atomic E-state index is 13.6. The number of anilines is 4. The molecule has 0 radical (unpaired) electrons. The average Bonchev–Trinajstić information content (AvgIpc) is 2.67. The van der Waals surface area contributed by atoms with E-state index in [1.54, 1.807) is 36.4 Å². The van der Waals surface area contributed by atoms with Crippen molar-refractivity contribution in [3.8, 4) is 5.75 Å². The highest BCUT2D eigenvalue weighted by atomic mass is 16.3. The molecule has 0 saturated heterocycles. The quantitative estimate of drug-likeness (QED) is 0.507. The molecule has 0 spiro atoms. The second-order valence-electron chi connectivity index (χ2n) is 6.76. The van der Waals surface area contributed by atoms with Crippen LogP contribution in [0.2, 0.25) is 0 Å². The summed E-state index contributed by atoms with van der Waals surface area (Å²) in [4.78, 5) is 26.6. The van der Waals surface area contributed by atoms with Gasteiger partial charge in [-0.25, -0.2) is 0 Å². The minimum absolute atomic E-state index is 0.0295. The molecule has 7 N–H and O–H groups in total. The number of phenols is 1. The molecule has 0 heterocycles. The summed E-state index contributed by atoms with van der Waals surface area (Å²) < 4.78 is 0. The van der Waals surface area contributed by atoms with Crippen LogP contribution in [0.25, 0.3) is 0 Å². The van der Waals surface area contributed by atoms with Gasteiger partial charge in [-0.1, -0.05) is 12.1 Å². The number of hydrogen-bond donors (Lipinski definition) is 4. The van der Waals surface area contributed by atoms with Crippen molar-refractivity contribution in [1.82, 2.24) is 0 Å². The van der Waals surface area contributed by atoms with Gasteiger partial charge in [0, 0.05) is 22.5 Å². The molecule has 3 aromatic carbocycles. The van der Waals surface area contributed by atoms with E-state index < -0.39 is 11.8 Å². The number of rotatable bonds is 4. The number of hydrogen-bond acceptors (Lipinski definition) is 5. The van der Waals surface area contributed by atoms with E-state index in [1.807, 2.05) is 13.8 Å². The monoisotopic (exact) mass is 390 g/mol. The van der Waals surface area contributed by atoms with Crippen molar-refractivity contribution < 1.29 is 14.7 Å². The van der Waals surface area contributed by atoms with Crippen LogP contribution in [0.3, 0.4) is 0 Å². The third-order valence-electron chi connectivity index (χ3n) is 4.83. The van der Waals surface area contributed by atoms with Gasteiger partial charge in [0.25, 0.3) is 5.91 Å². The summed E-state index contributed by atoms with van der Waals surface area (Å²) in [6, 6.07) is 14.4. The molecule has 0 bridgehead atoms. The standard InChI is InChI=1S/C22H22N4O3/c1-12-17(23)5-3-7-19(12)26(20-8-4-6-18(24)13(20)2)22(29)15-9-14(21(25)28)10-16(27)11-15/h3-11,27H,23-24H2,1-2H3,(H2,25,28). The lowest BCUT2D eigenvalue weighted by molar-refractivity contribution is 0.0998. The maximum Gasteiger partial charge on any atom is 0.263 e. The summed E-state index contributed by atoms with van der Waals surface area (Å²) in [5, 5.41) is 9.99. The highest BCUT2D eigenvalue weighted by molar-refractivity contribution is 6.13. The van der Waals surface area contributed by atoms with Crippen LogP contribution in [-0.2, 0) is 0 Å². The third kappa shape index (κ3) is 3.70. The lowest BCUT2D eigenvalue weighted by Crippen LogP contribution is -2.28. The van der Waals surface area contributed by atoms with E-state index in [0.29, 0.717) is 33.9 Å². The van der Waals surface area contributed by atoms with Crippen molar-refractivity contribution >= 4 is 34.6 Å². The Morgan fingerprint density at radius 3 is 1.79 bits per heavy atom. The second kappa shape index (κ2) is 7.55. The lowest BCUT2D eigenvalue weighted by atomic mass is 10.0. The molecule has 0 unspecified atom stereocenters. The van der Waals surface area contributed by atoms with Gasteiger partial charge in [0.05, 0.1) is 11.4 Å². The predicted molar refractivity (Wildman–Crippen MR) is 114 cm³/mol. The SMILES string of the molecule is Cc1c(N)cccc1N(C(=O)c1cc(O)cc(C(N)=O)c1)c1cccc(N)c1C. The predicted octanol–water partition coefficient (Wildman–Crippen LogP) is 3.25. The number of nitrogen functional groups attached to an aromatic ring is 2. The van der Waals surface area contributed by atoms with Crippen LogP contribution in [0.15, 0.2) is 54.6 Å². The number of aromatic hydroxyl groups is 1. The van der Waals surface area contributed by atoms with Crippen LogP contribution < -0.4 is 22.1 Å². The van der Waals surface area contributed by atoms with Gasteiger partial charge in [-0.15, -0.1) is 0 Å². The fourth-order valence-corrected chi connectivity index (χ4v) is 3.12. The van der Waals surface area contributed by atoms with E-state index in [-0.39, 0.29) is 16.9 Å². The molecule has 148 valence electrons. The number of nitrogens with two attached hydrogens (primary N) is 3. The zero-order valence-electron chi connectivity index (χ0n) is 16.1. The number of nitrogens with zero attached hydrogens (tertiary/aromatic N) is 1. The minimum Gasteiger partial charge on any atom is -0.508 e. The smallest absolute Gasteiger partial charge is 0.263 e. The highest BCUT2D eigenvalue weighted by Crippen LogP contribution is 2.36. The lowest BCUT2D eigenvalue weighted by Gasteiger charge is -2.27. The average molecular weight is 390 g/mol. The van der Waals surface area contributed by atoms with Crippen LogP contribution in [0.1, 0.15) is 31.8 Å². The van der Waals surface area contributed by atoms with Crippen LogP contribution in [-0.4, -0.2) is 16.9 Å². The number of carbonyl (C=O) groups is 2. The zero-order chi connectivity index (χ0) is 21.3. The molecular formula is C22H22N4O3. The van der Waals surface area contributed by atoms with Crippen LogP contribution >= 0.6 is 0 Å². The number of carbonyl (C=O) groups excluding carboxylic acids is 2. The van der Waals surface area contributed by atoms with Crippen molar-refractivity contribution in [2.24, 2.45) is 5.73 Å². The summed E-state index contributed by atoms with van der Waals surface area (Å²) in [5.41, 5.74) is 21.2. The van der Waals surface area contributed by atoms with Crippen LogP contribution in [0, 0.1) is 13.8 Å². The van der Waals surface area contributed by atoms with Crippen molar-refractivity contribution in [3.05, 3.63) is 76.9 Å². The molecule has 7 heteroatoms. The summed E-state index contributed by atoms with van der Waals surface area (Å²) in [6.45, 7) is 3.62. The molecule has 7 nitrogen and oxygen atoms in total. The molecule has 0 aromatic heterocycles. The van der Waals surface area contributed by atoms with Gasteiger partial charge in [0.15, 0.2) is 0 Å². The molecular weight excluding hydrogens is 368 g/mol. The third-order valence-corrected chi connectivity index (χ3v) is 4.83. The normalized spacial score (nSPS) is 10.6. The van der Waals surface area contributed by atoms with E-state index >= 15 is 0 Å². The number of benzene rings is 3. The highest BCUT2D eigenvalue weighted by Gasteiger charge is 2.25. The largest absolute Gasteiger partial charge is 0.508 e. The Bertz CT molecular complexity index is 1070. The van der Waals surface area contributed by atoms with Gasteiger partial charge >= 0.3 is 0 Å². The van der Waals surface area contributed by atoms with Gasteiger partial charge < -0.3 is 22.3 Å². The molecule has 3 aromatic rings. The van der Waals surface area contributed by atoms with E-state index in [2.05, 4.69) is 0 Å². The molecule has 0 atom stereocenters. The van der Waals surface area contributed by atoms with E-state index in [1.165, 1.54) is 23.1 Å². The van der Waals surface area contributed by atoms with Crippen molar-refractivity contribution in [2.75, 3.05) is 16.4 Å². The fourth-order valence-electron chi connectivity index (χ4n) is 3.12. The first-order valence-electron chi connectivity index (χ1n) is 8.89. The first kappa shape index (κ1) is 19.8. The number of amides is 2. The molecule has 0 aliphatic heterocycles. The zero-order valence-corrected chi connectivity index (χ0v) is 16.1. The fraction of sp³-hybridized carbons (Fsp3) is 0.0909. The molecule has 0 fully saturated rings. The van der Waals surface area contributed by atoms with Crippen molar-refractivity contribution in [1.29, 1.82) is 0 Å². The molecule has 3 rings (SSSR count). The minimum atomic E-state index is -0.748. The number of primary amides is 1. The maximum absolute atomic E-state index is 13.6. The summed E-state index contributed by atoms with van der Waals surface area (Å²) in [6.07, 6.45) is 0. The summed E-state index contributed by atoms with van der Waals surface area (Å²) in [5.74, 6) is -1.45. The number of phenolic OH excluding ortho intramolecular Hbond substituents is 1. The van der Waals surface area contributed by atoms with Crippen molar-refractivity contribution in [3.63, 3.8) is 0 Å². The van der Waals surface area contributed by atoms with E-state index in [0.717, 1.165) is 0 Å². The topological polar surface area (TPSA) is 136 Å². The molecule has 2 amide bonds. The molecule has 29 heavy (non-hydrogen) atoms. The van der Waals surface area contributed by atoms with E-state index in [4.69, 9.17) is 17.2 Å².